The van der Waals surface area contributed by atoms with Gasteiger partial charge in [-0.25, -0.2) is 4.98 Å². The molecule has 1 aliphatic carbocycles. The maximum absolute atomic E-state index is 12.5. The van der Waals surface area contributed by atoms with Crippen molar-refractivity contribution in [3.8, 4) is 17.1 Å². The molecule has 4 aromatic rings. The van der Waals surface area contributed by atoms with Crippen LogP contribution in [0.25, 0.3) is 22.4 Å². The lowest BCUT2D eigenvalue weighted by Gasteiger charge is -2.22. The Bertz CT molecular complexity index is 1230. The molecule has 1 aromatic heterocycles. The molecule has 5 rings (SSSR count). The average Bonchev–Trinajstić information content (AvgIpc) is 3.29. The van der Waals surface area contributed by atoms with Gasteiger partial charge in [0.15, 0.2) is 6.61 Å². The first kappa shape index (κ1) is 21.5. The van der Waals surface area contributed by atoms with Crippen LogP contribution in [0.1, 0.15) is 43.6 Å². The first-order valence-electron chi connectivity index (χ1n) is 11.4. The van der Waals surface area contributed by atoms with Gasteiger partial charge in [0.05, 0.1) is 21.7 Å². The highest BCUT2D eigenvalue weighted by atomic mass is 35.5. The van der Waals surface area contributed by atoms with Crippen LogP contribution in [0.4, 0.5) is 5.69 Å². The van der Waals surface area contributed by atoms with Gasteiger partial charge in [0, 0.05) is 5.56 Å². The Kier molecular flexibility index (Phi) is 6.31. The number of para-hydroxylation sites is 2. The third kappa shape index (κ3) is 5.04. The lowest BCUT2D eigenvalue weighted by atomic mass is 9.84. The number of hydrogen-bond acceptors (Lipinski definition) is 3. The van der Waals surface area contributed by atoms with Gasteiger partial charge in [-0.15, -0.1) is 0 Å². The van der Waals surface area contributed by atoms with Crippen LogP contribution < -0.4 is 10.1 Å². The van der Waals surface area contributed by atoms with Crippen molar-refractivity contribution in [2.24, 2.45) is 0 Å². The van der Waals surface area contributed by atoms with Crippen molar-refractivity contribution < 1.29 is 9.53 Å². The van der Waals surface area contributed by atoms with Gasteiger partial charge >= 0.3 is 0 Å². The zero-order valence-electron chi connectivity index (χ0n) is 18.3. The van der Waals surface area contributed by atoms with Crippen molar-refractivity contribution in [1.82, 2.24) is 9.97 Å². The van der Waals surface area contributed by atoms with Crippen molar-refractivity contribution in [2.75, 3.05) is 11.9 Å². The summed E-state index contributed by atoms with van der Waals surface area (Å²) in [6.45, 7) is -0.0893. The Morgan fingerprint density at radius 1 is 1.03 bits per heavy atom. The number of ether oxygens (including phenoxy) is 1. The van der Waals surface area contributed by atoms with E-state index in [9.17, 15) is 4.79 Å². The molecule has 1 saturated carbocycles. The zero-order valence-corrected chi connectivity index (χ0v) is 19.1. The first-order chi connectivity index (χ1) is 16.2. The van der Waals surface area contributed by atoms with E-state index >= 15 is 0 Å². The second-order valence-corrected chi connectivity index (χ2v) is 8.95. The Labute approximate surface area is 198 Å². The average molecular weight is 460 g/mol. The van der Waals surface area contributed by atoms with Crippen molar-refractivity contribution in [3.63, 3.8) is 0 Å². The van der Waals surface area contributed by atoms with Crippen LogP contribution >= 0.6 is 11.6 Å². The van der Waals surface area contributed by atoms with E-state index in [2.05, 4.69) is 27.4 Å². The lowest BCUT2D eigenvalue weighted by molar-refractivity contribution is -0.118. The number of carbonyl (C=O) groups is 1. The maximum Gasteiger partial charge on any atom is 0.262 e. The highest BCUT2D eigenvalue weighted by molar-refractivity contribution is 6.33. The smallest absolute Gasteiger partial charge is 0.262 e. The molecule has 0 bridgehead atoms. The Hall–Kier alpha value is -3.31. The lowest BCUT2D eigenvalue weighted by Crippen LogP contribution is -2.20. The molecule has 168 valence electrons. The van der Waals surface area contributed by atoms with E-state index in [-0.39, 0.29) is 12.5 Å². The highest BCUT2D eigenvalue weighted by Crippen LogP contribution is 2.33. The van der Waals surface area contributed by atoms with Crippen molar-refractivity contribution in [1.29, 1.82) is 0 Å². The van der Waals surface area contributed by atoms with E-state index in [1.807, 2.05) is 48.5 Å². The number of aromatic amines is 1. The van der Waals surface area contributed by atoms with E-state index in [0.717, 1.165) is 22.4 Å². The quantitative estimate of drug-likeness (QED) is 0.328. The molecular formula is C27H26ClN3O2. The minimum absolute atomic E-state index is 0.0893. The van der Waals surface area contributed by atoms with E-state index < -0.39 is 0 Å². The summed E-state index contributed by atoms with van der Waals surface area (Å²) >= 11 is 6.33. The summed E-state index contributed by atoms with van der Waals surface area (Å²) in [5.74, 6) is 1.79. The second-order valence-electron chi connectivity index (χ2n) is 8.54. The molecule has 0 unspecified atom stereocenters. The maximum atomic E-state index is 12.5. The molecule has 0 radical (unpaired) electrons. The molecule has 6 heteroatoms. The van der Waals surface area contributed by atoms with Crippen LogP contribution in [0.3, 0.4) is 0 Å². The molecule has 0 saturated heterocycles. The van der Waals surface area contributed by atoms with Crippen LogP contribution in [0, 0.1) is 0 Å². The molecule has 1 amide bonds. The summed E-state index contributed by atoms with van der Waals surface area (Å²) in [4.78, 5) is 20.4. The molecule has 33 heavy (non-hydrogen) atoms. The molecular weight excluding hydrogens is 434 g/mol. The van der Waals surface area contributed by atoms with Gasteiger partial charge in [0.25, 0.3) is 5.91 Å². The number of aromatic nitrogens is 2. The Morgan fingerprint density at radius 2 is 1.82 bits per heavy atom. The summed E-state index contributed by atoms with van der Waals surface area (Å²) in [6.07, 6.45) is 6.48. The second kappa shape index (κ2) is 9.67. The van der Waals surface area contributed by atoms with Gasteiger partial charge in [0.1, 0.15) is 11.6 Å². The molecule has 1 fully saturated rings. The fourth-order valence-corrected chi connectivity index (χ4v) is 4.63. The normalized spacial score (nSPS) is 14.3. The molecule has 1 aliphatic rings. The van der Waals surface area contributed by atoms with Crippen molar-refractivity contribution in [2.45, 2.75) is 38.0 Å². The number of halogens is 1. The number of nitrogens with one attached hydrogen (secondary N) is 2. The molecule has 3 aromatic carbocycles. The monoisotopic (exact) mass is 459 g/mol. The van der Waals surface area contributed by atoms with Gasteiger partial charge in [-0.05, 0) is 66.8 Å². The van der Waals surface area contributed by atoms with Crippen LogP contribution in [-0.2, 0) is 4.79 Å². The largest absolute Gasteiger partial charge is 0.484 e. The number of anilines is 1. The number of imidazole rings is 1. The van der Waals surface area contributed by atoms with Gasteiger partial charge in [0.2, 0.25) is 0 Å². The number of benzene rings is 3. The highest BCUT2D eigenvalue weighted by Gasteiger charge is 2.15. The predicted octanol–water partition coefficient (Wildman–Crippen LogP) is 6.95. The summed E-state index contributed by atoms with van der Waals surface area (Å²) in [6, 6.07) is 21.4. The van der Waals surface area contributed by atoms with E-state index in [1.165, 1.54) is 37.7 Å². The fraction of sp³-hybridized carbons (Fsp3) is 0.259. The molecule has 1 heterocycles. The zero-order chi connectivity index (χ0) is 22.6. The number of hydrogen-bond donors (Lipinski definition) is 2. The van der Waals surface area contributed by atoms with Gasteiger partial charge in [-0.3, -0.25) is 4.79 Å². The van der Waals surface area contributed by atoms with Crippen molar-refractivity contribution >= 4 is 34.2 Å². The number of carbonyl (C=O) groups excluding carboxylic acids is 1. The minimum Gasteiger partial charge on any atom is -0.484 e. The molecule has 0 spiro atoms. The van der Waals surface area contributed by atoms with Gasteiger partial charge < -0.3 is 15.0 Å². The number of nitrogens with zero attached hydrogens (tertiary/aromatic N) is 1. The Morgan fingerprint density at radius 3 is 2.61 bits per heavy atom. The first-order valence-corrected chi connectivity index (χ1v) is 11.8. The summed E-state index contributed by atoms with van der Waals surface area (Å²) in [7, 11) is 0. The summed E-state index contributed by atoms with van der Waals surface area (Å²) in [5.41, 5.74) is 4.56. The molecule has 0 aliphatic heterocycles. The Balaban J connectivity index is 1.22. The molecule has 0 atom stereocenters. The van der Waals surface area contributed by atoms with E-state index in [1.54, 1.807) is 6.07 Å². The van der Waals surface area contributed by atoms with Crippen LogP contribution in [0.5, 0.6) is 5.75 Å². The number of H-pyrrole nitrogens is 1. The van der Waals surface area contributed by atoms with E-state index in [0.29, 0.717) is 22.4 Å². The van der Waals surface area contributed by atoms with Crippen molar-refractivity contribution in [3.05, 3.63) is 77.3 Å². The van der Waals surface area contributed by atoms with Crippen LogP contribution in [0.2, 0.25) is 5.02 Å². The molecule has 2 N–H and O–H groups in total. The third-order valence-corrected chi connectivity index (χ3v) is 6.56. The summed E-state index contributed by atoms with van der Waals surface area (Å²) in [5, 5.41) is 3.31. The topological polar surface area (TPSA) is 67.0 Å². The van der Waals surface area contributed by atoms with Crippen LogP contribution in [0.15, 0.2) is 66.7 Å². The van der Waals surface area contributed by atoms with E-state index in [4.69, 9.17) is 16.3 Å². The SMILES string of the molecule is O=C(COc1ccc(C2CCCCC2)cc1)Nc1cc(-c2nc3ccccc3[nH]2)ccc1Cl. The van der Waals surface area contributed by atoms with Gasteiger partial charge in [-0.2, -0.15) is 0 Å². The molecule has 5 nitrogen and oxygen atoms in total. The predicted molar refractivity (Wildman–Crippen MR) is 133 cm³/mol. The van der Waals surface area contributed by atoms with Crippen LogP contribution in [-0.4, -0.2) is 22.5 Å². The van der Waals surface area contributed by atoms with Gasteiger partial charge in [-0.1, -0.05) is 55.1 Å². The standard InChI is InChI=1S/C27H26ClN3O2/c28-22-15-12-20(27-30-23-8-4-5-9-24(23)31-27)16-25(22)29-26(32)17-33-21-13-10-19(11-14-21)18-6-2-1-3-7-18/h4-5,8-16,18H,1-3,6-7,17H2,(H,29,32)(H,30,31). The number of amides is 1. The number of rotatable bonds is 6. The third-order valence-electron chi connectivity index (χ3n) is 6.23. The number of fused-ring (bicyclic) bond motifs is 1. The summed E-state index contributed by atoms with van der Waals surface area (Å²) < 4.78 is 5.70. The fourth-order valence-electron chi connectivity index (χ4n) is 4.47. The minimum atomic E-state index is -0.269.